The van der Waals surface area contributed by atoms with Crippen LogP contribution in [0.5, 0.6) is 0 Å². The fourth-order valence-corrected chi connectivity index (χ4v) is 7.71. The zero-order valence-corrected chi connectivity index (χ0v) is 24.1. The van der Waals surface area contributed by atoms with E-state index in [1.165, 1.54) is 48.8 Å². The molecule has 210 valence electrons. The number of nitrogens with zero attached hydrogens (tertiary/aromatic N) is 1. The highest BCUT2D eigenvalue weighted by Crippen LogP contribution is 2.46. The molecule has 1 saturated carbocycles. The second-order valence-corrected chi connectivity index (χ2v) is 12.7. The minimum Gasteiger partial charge on any atom is -0.478 e. The summed E-state index contributed by atoms with van der Waals surface area (Å²) in [7, 11) is 0. The Hall–Kier alpha value is -2.41. The summed E-state index contributed by atoms with van der Waals surface area (Å²) in [5, 5.41) is 10.7. The van der Waals surface area contributed by atoms with Crippen LogP contribution in [0, 0.1) is 17.8 Å². The molecule has 0 spiro atoms. The number of hydrazine groups is 1. The third-order valence-corrected chi connectivity index (χ3v) is 10.0. The van der Waals surface area contributed by atoms with Crippen LogP contribution in [0.2, 0.25) is 10.0 Å². The van der Waals surface area contributed by atoms with Crippen molar-refractivity contribution in [3.63, 3.8) is 0 Å². The first-order valence-corrected chi connectivity index (χ1v) is 15.3. The average Bonchev–Trinajstić information content (AvgIpc) is 3.39. The van der Waals surface area contributed by atoms with Crippen LogP contribution in [0.4, 0.5) is 0 Å². The molecule has 2 heterocycles. The van der Waals surface area contributed by atoms with Crippen molar-refractivity contribution in [2.75, 3.05) is 13.1 Å². The Balaban J connectivity index is 1.12. The minimum atomic E-state index is -0.874. The molecule has 5 nitrogen and oxygen atoms in total. The molecule has 3 aliphatic rings. The maximum Gasteiger partial charge on any atom is 0.335 e. The van der Waals surface area contributed by atoms with E-state index in [1.807, 2.05) is 36.4 Å². The Morgan fingerprint density at radius 2 is 1.43 bits per heavy atom. The molecule has 40 heavy (non-hydrogen) atoms. The summed E-state index contributed by atoms with van der Waals surface area (Å²) in [6.07, 6.45) is 5.93. The molecule has 2 aliphatic heterocycles. The molecule has 0 bridgehead atoms. The van der Waals surface area contributed by atoms with Gasteiger partial charge in [-0.15, -0.1) is 0 Å². The number of likely N-dealkylation sites (tertiary alicyclic amines) is 1. The summed E-state index contributed by atoms with van der Waals surface area (Å²) in [5.74, 6) is 1.27. The van der Waals surface area contributed by atoms with Gasteiger partial charge in [0.05, 0.1) is 5.56 Å². The number of carbonyl (C=O) groups is 1. The van der Waals surface area contributed by atoms with Crippen LogP contribution in [-0.4, -0.2) is 41.1 Å². The van der Waals surface area contributed by atoms with Gasteiger partial charge in [-0.1, -0.05) is 59.6 Å². The number of aromatic carboxylic acids is 1. The van der Waals surface area contributed by atoms with Crippen LogP contribution >= 0.6 is 23.2 Å². The maximum absolute atomic E-state index is 11.2. The van der Waals surface area contributed by atoms with Gasteiger partial charge in [0.25, 0.3) is 0 Å². The highest BCUT2D eigenvalue weighted by atomic mass is 35.5. The van der Waals surface area contributed by atoms with Crippen molar-refractivity contribution in [3.05, 3.63) is 105 Å². The summed E-state index contributed by atoms with van der Waals surface area (Å²) >= 11 is 12.5. The van der Waals surface area contributed by atoms with Crippen LogP contribution in [0.3, 0.4) is 0 Å². The van der Waals surface area contributed by atoms with Gasteiger partial charge in [-0.3, -0.25) is 15.8 Å². The first kappa shape index (κ1) is 27.7. The minimum absolute atomic E-state index is 0.325. The predicted molar refractivity (Wildman–Crippen MR) is 161 cm³/mol. The smallest absolute Gasteiger partial charge is 0.335 e. The van der Waals surface area contributed by atoms with Crippen molar-refractivity contribution in [2.45, 2.75) is 56.7 Å². The number of rotatable bonds is 7. The number of hydrogen-bond acceptors (Lipinski definition) is 4. The third kappa shape index (κ3) is 6.09. The maximum atomic E-state index is 11.2. The van der Waals surface area contributed by atoms with Gasteiger partial charge in [0.2, 0.25) is 0 Å². The quantitative estimate of drug-likeness (QED) is 0.282. The van der Waals surface area contributed by atoms with E-state index >= 15 is 0 Å². The Labute approximate surface area is 246 Å². The monoisotopic (exact) mass is 577 g/mol. The van der Waals surface area contributed by atoms with Crippen LogP contribution in [-0.2, 0) is 6.54 Å². The topological polar surface area (TPSA) is 64.6 Å². The number of hydrogen-bond donors (Lipinski definition) is 3. The van der Waals surface area contributed by atoms with Gasteiger partial charge in [-0.25, -0.2) is 4.79 Å². The lowest BCUT2D eigenvalue weighted by Crippen LogP contribution is -2.45. The third-order valence-electron chi connectivity index (χ3n) is 9.51. The van der Waals surface area contributed by atoms with Gasteiger partial charge in [-0.2, -0.15) is 0 Å². The van der Waals surface area contributed by atoms with Gasteiger partial charge in [0.1, 0.15) is 0 Å². The lowest BCUT2D eigenvalue weighted by Gasteiger charge is -2.41. The van der Waals surface area contributed by atoms with Crippen LogP contribution in [0.1, 0.15) is 65.1 Å². The Morgan fingerprint density at radius 1 is 0.825 bits per heavy atom. The van der Waals surface area contributed by atoms with E-state index in [9.17, 15) is 4.79 Å². The molecule has 7 heteroatoms. The fraction of sp³-hybridized carbons (Fsp3) is 0.424. The van der Waals surface area contributed by atoms with Gasteiger partial charge in [-0.05, 0) is 116 Å². The van der Waals surface area contributed by atoms with Crippen molar-refractivity contribution in [2.24, 2.45) is 17.8 Å². The first-order chi connectivity index (χ1) is 19.4. The zero-order valence-electron chi connectivity index (χ0n) is 22.6. The van der Waals surface area contributed by atoms with E-state index < -0.39 is 5.97 Å². The van der Waals surface area contributed by atoms with E-state index in [1.54, 1.807) is 12.1 Å². The van der Waals surface area contributed by atoms with E-state index in [4.69, 9.17) is 28.3 Å². The predicted octanol–water partition coefficient (Wildman–Crippen LogP) is 7.00. The molecule has 3 fully saturated rings. The largest absolute Gasteiger partial charge is 0.478 e. The van der Waals surface area contributed by atoms with Crippen LogP contribution in [0.15, 0.2) is 72.8 Å². The second kappa shape index (κ2) is 12.2. The second-order valence-electron chi connectivity index (χ2n) is 11.9. The number of nitrogens with one attached hydrogen (secondary N) is 2. The number of benzene rings is 3. The van der Waals surface area contributed by atoms with E-state index in [0.29, 0.717) is 41.3 Å². The molecule has 0 aromatic heterocycles. The van der Waals surface area contributed by atoms with E-state index in [-0.39, 0.29) is 0 Å². The number of carboxylic acid groups (broad SMARTS) is 1. The number of fused-ring (bicyclic) bond motifs is 1. The van der Waals surface area contributed by atoms with Crippen molar-refractivity contribution >= 4 is 29.2 Å². The molecule has 6 rings (SSSR count). The molecule has 4 atom stereocenters. The van der Waals surface area contributed by atoms with E-state index in [2.05, 4.69) is 40.0 Å². The van der Waals surface area contributed by atoms with Crippen molar-refractivity contribution in [3.8, 4) is 0 Å². The van der Waals surface area contributed by atoms with Crippen molar-refractivity contribution in [1.82, 2.24) is 15.8 Å². The van der Waals surface area contributed by atoms with E-state index in [0.717, 1.165) is 29.7 Å². The highest BCUT2D eigenvalue weighted by Gasteiger charge is 2.45. The zero-order chi connectivity index (χ0) is 27.6. The van der Waals surface area contributed by atoms with Gasteiger partial charge >= 0.3 is 5.97 Å². The van der Waals surface area contributed by atoms with Crippen LogP contribution in [0.25, 0.3) is 0 Å². The van der Waals surface area contributed by atoms with Crippen molar-refractivity contribution < 1.29 is 9.90 Å². The van der Waals surface area contributed by atoms with Crippen LogP contribution < -0.4 is 10.9 Å². The Kier molecular flexibility index (Phi) is 8.47. The molecule has 0 radical (unpaired) electrons. The summed E-state index contributed by atoms with van der Waals surface area (Å²) in [4.78, 5) is 13.7. The molecule has 3 aromatic rings. The molecule has 2 saturated heterocycles. The molecular weight excluding hydrogens is 541 g/mol. The first-order valence-electron chi connectivity index (χ1n) is 14.5. The number of carboxylic acids is 1. The highest BCUT2D eigenvalue weighted by molar-refractivity contribution is 6.30. The van der Waals surface area contributed by atoms with Gasteiger partial charge < -0.3 is 5.11 Å². The number of piperidine rings is 1. The van der Waals surface area contributed by atoms with Gasteiger partial charge in [0.15, 0.2) is 0 Å². The summed E-state index contributed by atoms with van der Waals surface area (Å²) < 4.78 is 0. The van der Waals surface area contributed by atoms with Crippen molar-refractivity contribution in [1.29, 1.82) is 0 Å². The molecule has 3 aromatic carbocycles. The Bertz CT molecular complexity index is 1250. The molecule has 0 amide bonds. The summed E-state index contributed by atoms with van der Waals surface area (Å²) in [6, 6.07) is 25.2. The molecule has 1 aliphatic carbocycles. The summed E-state index contributed by atoms with van der Waals surface area (Å²) in [5.41, 5.74) is 11.6. The average molecular weight is 579 g/mol. The summed E-state index contributed by atoms with van der Waals surface area (Å²) in [6.45, 7) is 3.02. The SMILES string of the molecule is O=C(O)c1ccc(CN2CCC(C3NNC4CCC(C(c5ccc(Cl)cc5)c5ccc(Cl)cc5)CC43)CC2)cc1. The normalized spacial score (nSPS) is 25.7. The Morgan fingerprint density at radius 3 is 2.00 bits per heavy atom. The standard InChI is InChI=1S/C33H37Cl2N3O2/c34-27-10-5-22(6-11-27)31(23-7-12-28(35)13-8-23)26-9-14-30-29(19-26)32(37-36-30)24-15-17-38(18-16-24)20-21-1-3-25(4-2-21)33(39)40/h1-8,10-13,24,26,29-32,36-37H,9,14-20H2,(H,39,40). The fourth-order valence-electron chi connectivity index (χ4n) is 7.45. The molecular formula is C33H37Cl2N3O2. The number of halogens is 2. The molecule has 3 N–H and O–H groups in total. The van der Waals surface area contributed by atoms with Gasteiger partial charge in [0, 0.05) is 34.6 Å². The lowest BCUT2D eigenvalue weighted by atomic mass is 9.66. The molecule has 4 unspecified atom stereocenters. The lowest BCUT2D eigenvalue weighted by molar-refractivity contribution is 0.0697.